The Bertz CT molecular complexity index is 903. The van der Waals surface area contributed by atoms with Gasteiger partial charge >= 0.3 is 0 Å². The number of aromatic nitrogens is 4. The summed E-state index contributed by atoms with van der Waals surface area (Å²) in [6.07, 6.45) is 0. The molecule has 0 aliphatic heterocycles. The molecule has 0 unspecified atom stereocenters. The molecule has 22 heavy (non-hydrogen) atoms. The van der Waals surface area contributed by atoms with E-state index >= 15 is 0 Å². The first-order valence-corrected chi connectivity index (χ1v) is 7.56. The molecule has 0 fully saturated rings. The lowest BCUT2D eigenvalue weighted by atomic mass is 10.1. The number of H-pyrrole nitrogens is 2. The van der Waals surface area contributed by atoms with Crippen molar-refractivity contribution in [2.75, 3.05) is 11.5 Å². The predicted octanol–water partition coefficient (Wildman–Crippen LogP) is 1.86. The molecule has 0 aliphatic carbocycles. The van der Waals surface area contributed by atoms with Gasteiger partial charge in [0.05, 0.1) is 5.75 Å². The molecular weight excluding hydrogens is 326 g/mol. The van der Waals surface area contributed by atoms with Crippen molar-refractivity contribution in [3.63, 3.8) is 0 Å². The highest BCUT2D eigenvalue weighted by atomic mass is 35.5. The van der Waals surface area contributed by atoms with E-state index in [1.165, 1.54) is 11.8 Å². The SMILES string of the molecule is Nc1nc2nc(SCC(=O)c3ccc(Cl)cc3)[nH]c2c(=O)[nH]1. The van der Waals surface area contributed by atoms with Crippen LogP contribution in [-0.4, -0.2) is 31.5 Å². The minimum atomic E-state index is -0.397. The number of hydrogen-bond acceptors (Lipinski definition) is 6. The largest absolute Gasteiger partial charge is 0.369 e. The lowest BCUT2D eigenvalue weighted by molar-refractivity contribution is 0.102. The van der Waals surface area contributed by atoms with Crippen LogP contribution in [-0.2, 0) is 0 Å². The number of ketones is 1. The van der Waals surface area contributed by atoms with Crippen molar-refractivity contribution in [2.45, 2.75) is 5.16 Å². The maximum absolute atomic E-state index is 12.1. The van der Waals surface area contributed by atoms with Crippen LogP contribution in [0.5, 0.6) is 0 Å². The summed E-state index contributed by atoms with van der Waals surface area (Å²) in [7, 11) is 0. The second kappa shape index (κ2) is 5.82. The Morgan fingerprint density at radius 2 is 1.95 bits per heavy atom. The fraction of sp³-hybridized carbons (Fsp3) is 0.0769. The first kappa shape index (κ1) is 14.6. The molecule has 0 spiro atoms. The Morgan fingerprint density at radius 1 is 1.23 bits per heavy atom. The molecule has 0 bridgehead atoms. The van der Waals surface area contributed by atoms with E-state index < -0.39 is 5.56 Å². The van der Waals surface area contributed by atoms with E-state index in [2.05, 4.69) is 19.9 Å². The van der Waals surface area contributed by atoms with Crippen LogP contribution in [0.15, 0.2) is 34.2 Å². The first-order chi connectivity index (χ1) is 10.5. The highest BCUT2D eigenvalue weighted by Gasteiger charge is 2.12. The lowest BCUT2D eigenvalue weighted by Crippen LogP contribution is -2.10. The van der Waals surface area contributed by atoms with Gasteiger partial charge in [-0.1, -0.05) is 23.4 Å². The maximum atomic E-state index is 12.1. The second-order valence-corrected chi connectivity index (χ2v) is 5.81. The molecule has 0 aliphatic rings. The van der Waals surface area contributed by atoms with E-state index in [1.54, 1.807) is 24.3 Å². The number of fused-ring (bicyclic) bond motifs is 1. The Kier molecular flexibility index (Phi) is 3.86. The van der Waals surface area contributed by atoms with Gasteiger partial charge in [-0.2, -0.15) is 4.98 Å². The standard InChI is InChI=1S/C13H10ClN5O2S/c14-7-3-1-6(2-4-7)8(20)5-22-13-16-9-10(18-13)17-12(15)19-11(9)21/h1-4H,5H2,(H4,15,16,17,18,19,21). The average Bonchev–Trinajstić information content (AvgIpc) is 2.89. The quantitative estimate of drug-likeness (QED) is 0.494. The minimum absolute atomic E-state index is 0.00205. The zero-order valence-corrected chi connectivity index (χ0v) is 12.7. The fourth-order valence-electron chi connectivity index (χ4n) is 1.82. The Labute approximate surface area is 133 Å². The molecule has 9 heteroatoms. The average molecular weight is 336 g/mol. The van der Waals surface area contributed by atoms with Gasteiger partial charge < -0.3 is 10.7 Å². The van der Waals surface area contributed by atoms with Crippen LogP contribution >= 0.6 is 23.4 Å². The van der Waals surface area contributed by atoms with Crippen molar-refractivity contribution in [1.29, 1.82) is 0 Å². The van der Waals surface area contributed by atoms with Gasteiger partial charge in [0.1, 0.15) is 0 Å². The number of imidazole rings is 1. The van der Waals surface area contributed by atoms with Gasteiger partial charge in [-0.25, -0.2) is 4.98 Å². The Morgan fingerprint density at radius 3 is 2.68 bits per heavy atom. The van der Waals surface area contributed by atoms with E-state index in [-0.39, 0.29) is 28.6 Å². The number of nitrogen functional groups attached to an aromatic ring is 1. The van der Waals surface area contributed by atoms with Gasteiger partial charge in [-0.05, 0) is 24.3 Å². The van der Waals surface area contributed by atoms with Gasteiger partial charge in [0.25, 0.3) is 5.56 Å². The number of nitrogens with one attached hydrogen (secondary N) is 2. The van der Waals surface area contributed by atoms with Gasteiger partial charge in [0.2, 0.25) is 5.95 Å². The van der Waals surface area contributed by atoms with Crippen LogP contribution in [0.3, 0.4) is 0 Å². The summed E-state index contributed by atoms with van der Waals surface area (Å²) in [5.74, 6) is 0.107. The molecule has 4 N–H and O–H groups in total. The number of rotatable bonds is 4. The highest BCUT2D eigenvalue weighted by Crippen LogP contribution is 2.19. The summed E-state index contributed by atoms with van der Waals surface area (Å²) in [5, 5.41) is 1.00. The third-order valence-corrected chi connectivity index (χ3v) is 3.99. The number of carbonyl (C=O) groups is 1. The number of aromatic amines is 2. The van der Waals surface area contributed by atoms with Crippen LogP contribution in [0, 0.1) is 0 Å². The third kappa shape index (κ3) is 2.97. The molecule has 0 radical (unpaired) electrons. The maximum Gasteiger partial charge on any atom is 0.278 e. The van der Waals surface area contributed by atoms with Gasteiger partial charge in [0.15, 0.2) is 22.1 Å². The summed E-state index contributed by atoms with van der Waals surface area (Å²) in [6.45, 7) is 0. The molecule has 3 aromatic rings. The monoisotopic (exact) mass is 335 g/mol. The fourth-order valence-corrected chi connectivity index (χ4v) is 2.71. The molecule has 7 nitrogen and oxygen atoms in total. The number of thioether (sulfide) groups is 1. The number of nitrogens with zero attached hydrogens (tertiary/aromatic N) is 2. The lowest BCUT2D eigenvalue weighted by Gasteiger charge is -1.99. The van der Waals surface area contributed by atoms with Gasteiger partial charge in [0, 0.05) is 10.6 Å². The van der Waals surface area contributed by atoms with E-state index in [1.807, 2.05) is 0 Å². The molecule has 0 amide bonds. The number of anilines is 1. The van der Waals surface area contributed by atoms with Crippen molar-refractivity contribution < 1.29 is 4.79 Å². The molecular formula is C13H10ClN5O2S. The summed E-state index contributed by atoms with van der Waals surface area (Å²) >= 11 is 6.97. The Balaban J connectivity index is 1.76. The zero-order valence-electron chi connectivity index (χ0n) is 11.1. The van der Waals surface area contributed by atoms with Crippen molar-refractivity contribution in [3.8, 4) is 0 Å². The highest BCUT2D eigenvalue weighted by molar-refractivity contribution is 7.99. The van der Waals surface area contributed by atoms with Crippen LogP contribution in [0.4, 0.5) is 5.95 Å². The molecule has 3 rings (SSSR count). The normalized spacial score (nSPS) is 11.0. The molecule has 0 saturated heterocycles. The molecule has 2 heterocycles. The predicted molar refractivity (Wildman–Crippen MR) is 85.4 cm³/mol. The van der Waals surface area contributed by atoms with Crippen molar-refractivity contribution >= 4 is 46.3 Å². The smallest absolute Gasteiger partial charge is 0.278 e. The van der Waals surface area contributed by atoms with Crippen LogP contribution in [0.1, 0.15) is 10.4 Å². The first-order valence-electron chi connectivity index (χ1n) is 6.20. The van der Waals surface area contributed by atoms with E-state index in [0.717, 1.165) is 0 Å². The van der Waals surface area contributed by atoms with E-state index in [4.69, 9.17) is 17.3 Å². The van der Waals surface area contributed by atoms with Crippen molar-refractivity contribution in [3.05, 3.63) is 45.2 Å². The number of halogens is 1. The van der Waals surface area contributed by atoms with Crippen LogP contribution < -0.4 is 11.3 Å². The summed E-state index contributed by atoms with van der Waals surface area (Å²) in [4.78, 5) is 37.0. The number of benzene rings is 1. The third-order valence-electron chi connectivity index (χ3n) is 2.86. The molecule has 0 atom stereocenters. The van der Waals surface area contributed by atoms with Gasteiger partial charge in [-0.3, -0.25) is 14.6 Å². The van der Waals surface area contributed by atoms with E-state index in [0.29, 0.717) is 15.7 Å². The topological polar surface area (TPSA) is 118 Å². The molecule has 112 valence electrons. The van der Waals surface area contributed by atoms with Crippen LogP contribution in [0.2, 0.25) is 5.02 Å². The number of hydrogen-bond donors (Lipinski definition) is 3. The molecule has 2 aromatic heterocycles. The van der Waals surface area contributed by atoms with Crippen molar-refractivity contribution in [2.24, 2.45) is 0 Å². The van der Waals surface area contributed by atoms with E-state index in [9.17, 15) is 9.59 Å². The zero-order chi connectivity index (χ0) is 15.7. The number of carbonyl (C=O) groups excluding carboxylic acids is 1. The number of nitrogens with two attached hydrogens (primary N) is 1. The molecule has 1 aromatic carbocycles. The minimum Gasteiger partial charge on any atom is -0.369 e. The number of Topliss-reactive ketones (excluding diaryl/α,β-unsaturated/α-hetero) is 1. The van der Waals surface area contributed by atoms with Crippen molar-refractivity contribution in [1.82, 2.24) is 19.9 Å². The second-order valence-electron chi connectivity index (χ2n) is 4.41. The van der Waals surface area contributed by atoms with Crippen LogP contribution in [0.25, 0.3) is 11.2 Å². The van der Waals surface area contributed by atoms with Gasteiger partial charge in [-0.15, -0.1) is 0 Å². The summed E-state index contributed by atoms with van der Waals surface area (Å²) in [6, 6.07) is 6.65. The summed E-state index contributed by atoms with van der Waals surface area (Å²) < 4.78 is 0. The Hall–Kier alpha value is -2.32. The molecule has 0 saturated carbocycles. The summed E-state index contributed by atoms with van der Waals surface area (Å²) in [5.41, 5.74) is 6.07.